The average molecular weight is 289 g/mol. The zero-order valence-electron chi connectivity index (χ0n) is 8.92. The maximum atomic E-state index is 12.8. The minimum absolute atomic E-state index is 0.236. The monoisotopic (exact) mass is 288 g/mol. The van der Waals surface area contributed by atoms with E-state index in [0.29, 0.717) is 19.1 Å². The molecule has 1 heterocycles. The molecule has 0 aromatic heterocycles. The lowest BCUT2D eigenvalue weighted by atomic mass is 10.1. The van der Waals surface area contributed by atoms with Gasteiger partial charge in [0.1, 0.15) is 5.82 Å². The summed E-state index contributed by atoms with van der Waals surface area (Å²) in [5, 5.41) is 0. The van der Waals surface area contributed by atoms with Crippen LogP contribution in [0.5, 0.6) is 0 Å². The van der Waals surface area contributed by atoms with Gasteiger partial charge in [-0.05, 0) is 24.1 Å². The van der Waals surface area contributed by atoms with Gasteiger partial charge in [-0.25, -0.2) is 4.39 Å². The minimum Gasteiger partial charge on any atom is -0.381 e. The van der Waals surface area contributed by atoms with E-state index in [1.807, 2.05) is 0 Å². The first kappa shape index (κ1) is 12.0. The van der Waals surface area contributed by atoms with Gasteiger partial charge in [0, 0.05) is 17.0 Å². The van der Waals surface area contributed by atoms with Gasteiger partial charge in [0.2, 0.25) is 0 Å². The summed E-state index contributed by atoms with van der Waals surface area (Å²) in [6, 6.07) is 4.64. The zero-order valence-corrected chi connectivity index (χ0v) is 10.5. The van der Waals surface area contributed by atoms with Crippen LogP contribution in [0.15, 0.2) is 22.7 Å². The Morgan fingerprint density at radius 3 is 3.06 bits per heavy atom. The van der Waals surface area contributed by atoms with Crippen LogP contribution in [0.1, 0.15) is 12.0 Å². The van der Waals surface area contributed by atoms with Crippen LogP contribution in [0.2, 0.25) is 0 Å². The van der Waals surface area contributed by atoms with Crippen LogP contribution in [0, 0.1) is 11.7 Å². The van der Waals surface area contributed by atoms with Gasteiger partial charge in [-0.15, -0.1) is 0 Å². The Morgan fingerprint density at radius 2 is 2.38 bits per heavy atom. The predicted octanol–water partition coefficient (Wildman–Crippen LogP) is 3.14. The van der Waals surface area contributed by atoms with E-state index in [0.717, 1.165) is 29.7 Å². The molecule has 1 aromatic rings. The molecule has 0 radical (unpaired) electrons. The van der Waals surface area contributed by atoms with Crippen molar-refractivity contribution in [2.24, 2.45) is 5.92 Å². The summed E-state index contributed by atoms with van der Waals surface area (Å²) in [6.07, 6.45) is 1.07. The van der Waals surface area contributed by atoms with Crippen molar-refractivity contribution >= 4 is 15.9 Å². The highest BCUT2D eigenvalue weighted by atomic mass is 79.9. The summed E-state index contributed by atoms with van der Waals surface area (Å²) in [5.74, 6) is 0.277. The molecule has 16 heavy (non-hydrogen) atoms. The highest BCUT2D eigenvalue weighted by Crippen LogP contribution is 2.20. The van der Waals surface area contributed by atoms with Gasteiger partial charge in [-0.2, -0.15) is 0 Å². The third-order valence-electron chi connectivity index (χ3n) is 2.65. The Bertz CT molecular complexity index is 351. The molecule has 0 spiro atoms. The highest BCUT2D eigenvalue weighted by Gasteiger charge is 2.15. The molecule has 0 bridgehead atoms. The molecule has 0 N–H and O–H groups in total. The quantitative estimate of drug-likeness (QED) is 0.847. The molecule has 4 heteroatoms. The Hall–Kier alpha value is -0.450. The molecule has 1 aliphatic rings. The summed E-state index contributed by atoms with van der Waals surface area (Å²) < 4.78 is 24.4. The first-order chi connectivity index (χ1) is 7.75. The lowest BCUT2D eigenvalue weighted by Gasteiger charge is -2.09. The molecule has 0 saturated carbocycles. The Morgan fingerprint density at radius 1 is 1.50 bits per heavy atom. The largest absolute Gasteiger partial charge is 0.381 e. The summed E-state index contributed by atoms with van der Waals surface area (Å²) in [4.78, 5) is 0. The van der Waals surface area contributed by atoms with E-state index in [1.54, 1.807) is 6.07 Å². The van der Waals surface area contributed by atoms with E-state index in [1.165, 1.54) is 12.1 Å². The van der Waals surface area contributed by atoms with E-state index < -0.39 is 0 Å². The Kier molecular flexibility index (Phi) is 4.32. The zero-order chi connectivity index (χ0) is 11.4. The maximum Gasteiger partial charge on any atom is 0.124 e. The smallest absolute Gasteiger partial charge is 0.124 e. The van der Waals surface area contributed by atoms with Gasteiger partial charge in [-0.3, -0.25) is 0 Å². The fourth-order valence-corrected chi connectivity index (χ4v) is 2.15. The van der Waals surface area contributed by atoms with Gasteiger partial charge in [0.15, 0.2) is 0 Å². The van der Waals surface area contributed by atoms with Gasteiger partial charge < -0.3 is 9.47 Å². The molecule has 2 nitrogen and oxygen atoms in total. The second-order valence-corrected chi connectivity index (χ2v) is 4.83. The average Bonchev–Trinajstić information content (AvgIpc) is 2.74. The van der Waals surface area contributed by atoms with Crippen LogP contribution in [0.4, 0.5) is 4.39 Å². The third-order valence-corrected chi connectivity index (χ3v) is 3.39. The molecule has 1 fully saturated rings. The van der Waals surface area contributed by atoms with Gasteiger partial charge >= 0.3 is 0 Å². The van der Waals surface area contributed by atoms with Crippen LogP contribution < -0.4 is 0 Å². The predicted molar refractivity (Wildman–Crippen MR) is 62.7 cm³/mol. The topological polar surface area (TPSA) is 18.5 Å². The number of rotatable bonds is 4. The van der Waals surface area contributed by atoms with E-state index in [2.05, 4.69) is 15.9 Å². The van der Waals surface area contributed by atoms with E-state index >= 15 is 0 Å². The minimum atomic E-state index is -0.236. The number of hydrogen-bond donors (Lipinski definition) is 0. The molecule has 1 atom stereocenters. The lowest BCUT2D eigenvalue weighted by molar-refractivity contribution is 0.0788. The van der Waals surface area contributed by atoms with E-state index in [9.17, 15) is 4.39 Å². The molecular weight excluding hydrogens is 275 g/mol. The summed E-state index contributed by atoms with van der Waals surface area (Å²) >= 11 is 3.32. The number of hydrogen-bond acceptors (Lipinski definition) is 2. The molecule has 2 rings (SSSR count). The molecule has 88 valence electrons. The van der Waals surface area contributed by atoms with Crippen molar-refractivity contribution < 1.29 is 13.9 Å². The molecule has 1 aliphatic heterocycles. The number of ether oxygens (including phenoxy) is 2. The lowest BCUT2D eigenvalue weighted by Crippen LogP contribution is -2.09. The van der Waals surface area contributed by atoms with Gasteiger partial charge in [-0.1, -0.05) is 22.0 Å². The number of benzene rings is 1. The first-order valence-electron chi connectivity index (χ1n) is 5.35. The fraction of sp³-hybridized carbons (Fsp3) is 0.500. The van der Waals surface area contributed by atoms with Crippen LogP contribution in [0.25, 0.3) is 0 Å². The van der Waals surface area contributed by atoms with E-state index in [-0.39, 0.29) is 5.82 Å². The standard InChI is InChI=1S/C12H14BrFO2/c13-12-5-11(14)2-1-10(12)8-16-7-9-3-4-15-6-9/h1-2,5,9H,3-4,6-8H2. The summed E-state index contributed by atoms with van der Waals surface area (Å²) in [7, 11) is 0. The second kappa shape index (κ2) is 5.75. The molecule has 1 unspecified atom stereocenters. The molecule has 1 saturated heterocycles. The van der Waals surface area contributed by atoms with E-state index in [4.69, 9.17) is 9.47 Å². The Balaban J connectivity index is 1.80. The fourth-order valence-electron chi connectivity index (χ4n) is 1.69. The molecule has 0 amide bonds. The second-order valence-electron chi connectivity index (χ2n) is 3.98. The SMILES string of the molecule is Fc1ccc(COCC2CCOC2)c(Br)c1. The van der Waals surface area contributed by atoms with Gasteiger partial charge in [0.25, 0.3) is 0 Å². The van der Waals surface area contributed by atoms with Crippen molar-refractivity contribution in [3.8, 4) is 0 Å². The summed E-state index contributed by atoms with van der Waals surface area (Å²) in [5.41, 5.74) is 0.973. The van der Waals surface area contributed by atoms with Crippen molar-refractivity contribution in [3.05, 3.63) is 34.1 Å². The van der Waals surface area contributed by atoms with Gasteiger partial charge in [0.05, 0.1) is 19.8 Å². The van der Waals surface area contributed by atoms with Crippen molar-refractivity contribution in [1.29, 1.82) is 0 Å². The van der Waals surface area contributed by atoms with Crippen LogP contribution in [-0.2, 0) is 16.1 Å². The normalized spacial score (nSPS) is 20.2. The van der Waals surface area contributed by atoms with Crippen molar-refractivity contribution in [3.63, 3.8) is 0 Å². The van der Waals surface area contributed by atoms with Crippen LogP contribution in [0.3, 0.4) is 0 Å². The van der Waals surface area contributed by atoms with Crippen LogP contribution in [-0.4, -0.2) is 19.8 Å². The molecule has 1 aromatic carbocycles. The maximum absolute atomic E-state index is 12.8. The van der Waals surface area contributed by atoms with Crippen molar-refractivity contribution in [2.75, 3.05) is 19.8 Å². The summed E-state index contributed by atoms with van der Waals surface area (Å²) in [6.45, 7) is 2.86. The highest BCUT2D eigenvalue weighted by molar-refractivity contribution is 9.10. The molecule has 0 aliphatic carbocycles. The third kappa shape index (κ3) is 3.27. The van der Waals surface area contributed by atoms with Crippen molar-refractivity contribution in [2.45, 2.75) is 13.0 Å². The van der Waals surface area contributed by atoms with Crippen molar-refractivity contribution in [1.82, 2.24) is 0 Å². The number of halogens is 2. The Labute approximate surface area is 103 Å². The molecular formula is C12H14BrFO2. The first-order valence-corrected chi connectivity index (χ1v) is 6.14. The van der Waals surface area contributed by atoms with Crippen LogP contribution >= 0.6 is 15.9 Å².